The molecule has 28 heavy (non-hydrogen) atoms. The summed E-state index contributed by atoms with van der Waals surface area (Å²) in [5.74, 6) is -0.712. The van der Waals surface area contributed by atoms with Crippen molar-refractivity contribution in [1.29, 1.82) is 0 Å². The number of aryl methyl sites for hydroxylation is 1. The van der Waals surface area contributed by atoms with E-state index in [2.05, 4.69) is 15.6 Å². The molecular weight excluding hydrogens is 367 g/mol. The molecule has 3 rings (SSSR count). The summed E-state index contributed by atoms with van der Waals surface area (Å²) in [5.41, 5.74) is 1.66. The number of hydrogen-bond donors (Lipinski definition) is 2. The molecular formula is C21H18F3N3O. The minimum absolute atomic E-state index is 0.0196. The van der Waals surface area contributed by atoms with Crippen molar-refractivity contribution in [2.45, 2.75) is 19.6 Å². The molecule has 7 heteroatoms. The first-order valence-corrected chi connectivity index (χ1v) is 8.56. The van der Waals surface area contributed by atoms with Crippen molar-refractivity contribution >= 4 is 17.3 Å². The molecule has 144 valence electrons. The van der Waals surface area contributed by atoms with Gasteiger partial charge >= 0.3 is 6.18 Å². The summed E-state index contributed by atoms with van der Waals surface area (Å²) in [6.07, 6.45) is -3.13. The van der Waals surface area contributed by atoms with E-state index < -0.39 is 17.6 Å². The summed E-state index contributed by atoms with van der Waals surface area (Å²) in [4.78, 5) is 16.4. The van der Waals surface area contributed by atoms with Gasteiger partial charge in [-0.15, -0.1) is 0 Å². The van der Waals surface area contributed by atoms with Crippen LogP contribution in [0.25, 0.3) is 0 Å². The third-order valence-corrected chi connectivity index (χ3v) is 4.05. The monoisotopic (exact) mass is 385 g/mol. The Labute approximate surface area is 160 Å². The lowest BCUT2D eigenvalue weighted by molar-refractivity contribution is -0.136. The molecule has 0 spiro atoms. The van der Waals surface area contributed by atoms with Gasteiger partial charge < -0.3 is 10.6 Å². The van der Waals surface area contributed by atoms with E-state index in [1.165, 1.54) is 30.5 Å². The Kier molecular flexibility index (Phi) is 5.63. The summed E-state index contributed by atoms with van der Waals surface area (Å²) in [7, 11) is 0. The minimum atomic E-state index is -4.56. The van der Waals surface area contributed by atoms with Crippen molar-refractivity contribution in [2.75, 3.05) is 10.6 Å². The predicted molar refractivity (Wildman–Crippen MR) is 102 cm³/mol. The van der Waals surface area contributed by atoms with Gasteiger partial charge in [-0.25, -0.2) is 0 Å². The molecule has 0 saturated carbocycles. The number of aromatic nitrogens is 1. The first-order valence-electron chi connectivity index (χ1n) is 8.56. The molecule has 2 aromatic carbocycles. The van der Waals surface area contributed by atoms with E-state index >= 15 is 0 Å². The number of hydrogen-bond acceptors (Lipinski definition) is 3. The number of pyridine rings is 1. The van der Waals surface area contributed by atoms with Crippen LogP contribution in [0.15, 0.2) is 66.9 Å². The summed E-state index contributed by atoms with van der Waals surface area (Å²) < 4.78 is 39.2. The number of rotatable bonds is 5. The van der Waals surface area contributed by atoms with E-state index in [-0.39, 0.29) is 11.4 Å². The lowest BCUT2D eigenvalue weighted by atomic mass is 10.1. The Bertz CT molecular complexity index is 986. The molecule has 1 amide bonds. The quantitative estimate of drug-likeness (QED) is 0.629. The van der Waals surface area contributed by atoms with Crippen LogP contribution in [0.2, 0.25) is 0 Å². The Morgan fingerprint density at radius 1 is 1.04 bits per heavy atom. The molecule has 0 fully saturated rings. The summed E-state index contributed by atoms with van der Waals surface area (Å²) >= 11 is 0. The molecule has 0 atom stereocenters. The fourth-order valence-corrected chi connectivity index (χ4v) is 2.72. The second-order valence-corrected chi connectivity index (χ2v) is 6.27. The number of carbonyl (C=O) groups excluding carboxylic acids is 1. The van der Waals surface area contributed by atoms with Gasteiger partial charge in [-0.3, -0.25) is 9.78 Å². The average molecular weight is 385 g/mol. The van der Waals surface area contributed by atoms with Crippen molar-refractivity contribution < 1.29 is 18.0 Å². The fourth-order valence-electron chi connectivity index (χ4n) is 2.72. The lowest BCUT2D eigenvalue weighted by Crippen LogP contribution is -2.17. The number of para-hydroxylation sites is 1. The standard InChI is InChI=1S/C21H18F3N3O/c1-14-5-4-6-15(11-14)13-26-16-9-10-25-19(12-16)20(28)27-18-8-3-2-7-17(18)21(22,23)24/h2-12H,13H2,1H3,(H,25,26)(H,27,28). The number of anilines is 2. The summed E-state index contributed by atoms with van der Waals surface area (Å²) in [6.45, 7) is 2.54. The maximum absolute atomic E-state index is 13.1. The van der Waals surface area contributed by atoms with Crippen molar-refractivity contribution in [3.05, 3.63) is 89.2 Å². The van der Waals surface area contributed by atoms with E-state index in [0.29, 0.717) is 12.2 Å². The topological polar surface area (TPSA) is 54.0 Å². The minimum Gasteiger partial charge on any atom is -0.381 e. The van der Waals surface area contributed by atoms with Gasteiger partial charge in [-0.1, -0.05) is 42.0 Å². The van der Waals surface area contributed by atoms with Gasteiger partial charge in [0.15, 0.2) is 0 Å². The maximum Gasteiger partial charge on any atom is 0.418 e. The van der Waals surface area contributed by atoms with Gasteiger partial charge in [0.2, 0.25) is 0 Å². The highest BCUT2D eigenvalue weighted by Crippen LogP contribution is 2.34. The Hall–Kier alpha value is -3.35. The van der Waals surface area contributed by atoms with Crippen LogP contribution in [0, 0.1) is 6.92 Å². The van der Waals surface area contributed by atoms with Crippen molar-refractivity contribution in [2.24, 2.45) is 0 Å². The number of amides is 1. The maximum atomic E-state index is 13.1. The number of alkyl halides is 3. The highest BCUT2D eigenvalue weighted by molar-refractivity contribution is 6.03. The highest BCUT2D eigenvalue weighted by Gasteiger charge is 2.33. The molecule has 0 bridgehead atoms. The first kappa shape index (κ1) is 19.4. The predicted octanol–water partition coefficient (Wildman–Crippen LogP) is 5.27. The van der Waals surface area contributed by atoms with Gasteiger partial charge in [0, 0.05) is 18.4 Å². The van der Waals surface area contributed by atoms with E-state index in [0.717, 1.165) is 17.2 Å². The van der Waals surface area contributed by atoms with Gasteiger partial charge in [-0.2, -0.15) is 13.2 Å². The summed E-state index contributed by atoms with van der Waals surface area (Å²) in [5, 5.41) is 5.48. The highest BCUT2D eigenvalue weighted by atomic mass is 19.4. The molecule has 2 N–H and O–H groups in total. The Morgan fingerprint density at radius 2 is 1.82 bits per heavy atom. The third kappa shape index (κ3) is 4.88. The number of halogens is 3. The zero-order chi connectivity index (χ0) is 20.1. The van der Waals surface area contributed by atoms with Crippen molar-refractivity contribution in [1.82, 2.24) is 4.98 Å². The van der Waals surface area contributed by atoms with Crippen LogP contribution in [0.5, 0.6) is 0 Å². The Balaban J connectivity index is 1.73. The van der Waals surface area contributed by atoms with Gasteiger partial charge in [0.25, 0.3) is 5.91 Å². The molecule has 0 unspecified atom stereocenters. The molecule has 1 heterocycles. The average Bonchev–Trinajstić information content (AvgIpc) is 2.66. The third-order valence-electron chi connectivity index (χ3n) is 4.05. The fraction of sp³-hybridized carbons (Fsp3) is 0.143. The van der Waals surface area contributed by atoms with Crippen LogP contribution in [0.3, 0.4) is 0 Å². The molecule has 0 saturated heterocycles. The lowest BCUT2D eigenvalue weighted by Gasteiger charge is -2.13. The molecule has 4 nitrogen and oxygen atoms in total. The zero-order valence-corrected chi connectivity index (χ0v) is 15.0. The number of nitrogens with one attached hydrogen (secondary N) is 2. The largest absolute Gasteiger partial charge is 0.418 e. The van der Waals surface area contributed by atoms with Gasteiger partial charge in [0.1, 0.15) is 5.69 Å². The summed E-state index contributed by atoms with van der Waals surface area (Å²) in [6, 6.07) is 16.0. The number of benzene rings is 2. The molecule has 0 aliphatic rings. The number of carbonyl (C=O) groups is 1. The SMILES string of the molecule is Cc1cccc(CNc2ccnc(C(=O)Nc3ccccc3C(F)(F)F)c2)c1. The van der Waals surface area contributed by atoms with E-state index in [1.807, 2.05) is 31.2 Å². The first-order chi connectivity index (χ1) is 13.3. The van der Waals surface area contributed by atoms with Crippen LogP contribution < -0.4 is 10.6 Å². The van der Waals surface area contributed by atoms with Gasteiger partial charge in [-0.05, 0) is 36.8 Å². The molecule has 0 aliphatic heterocycles. The molecule has 0 radical (unpaired) electrons. The Morgan fingerprint density at radius 3 is 2.57 bits per heavy atom. The van der Waals surface area contributed by atoms with Gasteiger partial charge in [0.05, 0.1) is 11.3 Å². The van der Waals surface area contributed by atoms with Crippen LogP contribution >= 0.6 is 0 Å². The molecule has 0 aliphatic carbocycles. The second-order valence-electron chi connectivity index (χ2n) is 6.27. The molecule has 3 aromatic rings. The van der Waals surface area contributed by atoms with E-state index in [1.54, 1.807) is 6.07 Å². The number of nitrogens with zero attached hydrogens (tertiary/aromatic N) is 1. The van der Waals surface area contributed by atoms with Crippen molar-refractivity contribution in [3.8, 4) is 0 Å². The second kappa shape index (κ2) is 8.12. The van der Waals surface area contributed by atoms with Crippen LogP contribution in [0.1, 0.15) is 27.2 Å². The normalized spacial score (nSPS) is 11.1. The van der Waals surface area contributed by atoms with Crippen LogP contribution in [-0.4, -0.2) is 10.9 Å². The van der Waals surface area contributed by atoms with Crippen LogP contribution in [-0.2, 0) is 12.7 Å². The van der Waals surface area contributed by atoms with E-state index in [9.17, 15) is 18.0 Å². The smallest absolute Gasteiger partial charge is 0.381 e. The van der Waals surface area contributed by atoms with Crippen LogP contribution in [0.4, 0.5) is 24.5 Å². The van der Waals surface area contributed by atoms with Crippen molar-refractivity contribution in [3.63, 3.8) is 0 Å². The zero-order valence-electron chi connectivity index (χ0n) is 15.0. The van der Waals surface area contributed by atoms with E-state index in [4.69, 9.17) is 0 Å². The molecule has 1 aromatic heterocycles.